The van der Waals surface area contributed by atoms with Crippen molar-refractivity contribution in [3.8, 4) is 0 Å². The van der Waals surface area contributed by atoms with Gasteiger partial charge in [-0.3, -0.25) is 4.79 Å². The predicted molar refractivity (Wildman–Crippen MR) is 88.1 cm³/mol. The first kappa shape index (κ1) is 15.2. The summed E-state index contributed by atoms with van der Waals surface area (Å²) in [6, 6.07) is 0. The van der Waals surface area contributed by atoms with Crippen LogP contribution in [0.15, 0.2) is 12.3 Å². The van der Waals surface area contributed by atoms with Gasteiger partial charge in [0.05, 0.1) is 17.3 Å². The molecule has 3 heterocycles. The van der Waals surface area contributed by atoms with Crippen molar-refractivity contribution in [2.75, 3.05) is 6.61 Å². The molecule has 4 fully saturated rings. The SMILES string of the molecule is CC1CC2OC(=O)C3(C)CCCC(C)(C23)C12CCC1(C=COC1)O2. The van der Waals surface area contributed by atoms with Gasteiger partial charge in [-0.05, 0) is 51.0 Å². The van der Waals surface area contributed by atoms with Crippen molar-refractivity contribution < 1.29 is 19.0 Å². The Morgan fingerprint density at radius 2 is 2.00 bits per heavy atom. The van der Waals surface area contributed by atoms with E-state index in [9.17, 15) is 4.79 Å². The molecular weight excluding hydrogens is 304 g/mol. The minimum Gasteiger partial charge on any atom is -0.498 e. The van der Waals surface area contributed by atoms with Crippen molar-refractivity contribution in [1.29, 1.82) is 0 Å². The molecule has 7 unspecified atom stereocenters. The fourth-order valence-corrected chi connectivity index (χ4v) is 7.23. The molecule has 0 aromatic carbocycles. The van der Waals surface area contributed by atoms with Crippen LogP contribution < -0.4 is 0 Å². The molecule has 2 saturated carbocycles. The minimum absolute atomic E-state index is 0.00553. The first-order valence-electron chi connectivity index (χ1n) is 9.56. The van der Waals surface area contributed by atoms with Crippen molar-refractivity contribution in [3.63, 3.8) is 0 Å². The number of esters is 1. The lowest BCUT2D eigenvalue weighted by atomic mass is 9.44. The molecule has 0 N–H and O–H groups in total. The van der Waals surface area contributed by atoms with Gasteiger partial charge >= 0.3 is 5.97 Å². The third kappa shape index (κ3) is 1.53. The van der Waals surface area contributed by atoms with Crippen LogP contribution in [0.5, 0.6) is 0 Å². The van der Waals surface area contributed by atoms with E-state index in [1.165, 1.54) is 0 Å². The van der Waals surface area contributed by atoms with E-state index in [0.717, 1.165) is 38.5 Å². The van der Waals surface area contributed by atoms with Gasteiger partial charge in [0.25, 0.3) is 0 Å². The number of hydrogen-bond acceptors (Lipinski definition) is 4. The molecular formula is C20H28O4. The van der Waals surface area contributed by atoms with E-state index >= 15 is 0 Å². The van der Waals surface area contributed by atoms with E-state index < -0.39 is 0 Å². The van der Waals surface area contributed by atoms with Gasteiger partial charge in [-0.25, -0.2) is 0 Å². The Morgan fingerprint density at radius 3 is 2.75 bits per heavy atom. The van der Waals surface area contributed by atoms with Crippen molar-refractivity contribution in [3.05, 3.63) is 12.3 Å². The number of hydrogen-bond donors (Lipinski definition) is 0. The average Bonchev–Trinajstić information content (AvgIpc) is 3.20. The molecule has 2 spiro atoms. The molecule has 0 aromatic heterocycles. The molecule has 0 aromatic rings. The highest BCUT2D eigenvalue weighted by molar-refractivity contribution is 5.80. The molecule has 2 aliphatic carbocycles. The van der Waals surface area contributed by atoms with Crippen LogP contribution in [-0.2, 0) is 19.0 Å². The zero-order chi connectivity index (χ0) is 16.8. The van der Waals surface area contributed by atoms with Crippen LogP contribution in [0.3, 0.4) is 0 Å². The minimum atomic E-state index is -0.327. The topological polar surface area (TPSA) is 44.8 Å². The number of ether oxygens (including phenoxy) is 3. The van der Waals surface area contributed by atoms with Gasteiger partial charge < -0.3 is 14.2 Å². The Bertz CT molecular complexity index is 629. The normalized spacial score (nSPS) is 58.1. The highest BCUT2D eigenvalue weighted by Crippen LogP contribution is 2.70. The van der Waals surface area contributed by atoms with Gasteiger partial charge in [0, 0.05) is 11.3 Å². The lowest BCUT2D eigenvalue weighted by Crippen LogP contribution is -2.65. The third-order valence-corrected chi connectivity index (χ3v) is 8.31. The maximum absolute atomic E-state index is 12.7. The second-order valence-corrected chi connectivity index (χ2v) is 9.42. The van der Waals surface area contributed by atoms with Crippen LogP contribution in [0, 0.1) is 22.7 Å². The molecule has 4 nitrogen and oxygen atoms in total. The van der Waals surface area contributed by atoms with Crippen LogP contribution in [-0.4, -0.2) is 29.9 Å². The Hall–Kier alpha value is -1.03. The summed E-state index contributed by atoms with van der Waals surface area (Å²) in [6.07, 6.45) is 10.2. The number of carbonyl (C=O) groups is 1. The third-order valence-electron chi connectivity index (χ3n) is 8.31. The van der Waals surface area contributed by atoms with Crippen molar-refractivity contribution in [1.82, 2.24) is 0 Å². The average molecular weight is 332 g/mol. The molecule has 5 aliphatic rings. The summed E-state index contributed by atoms with van der Waals surface area (Å²) in [5.41, 5.74) is -0.746. The summed E-state index contributed by atoms with van der Waals surface area (Å²) in [5.74, 6) is 0.707. The number of carbonyl (C=O) groups excluding carboxylic acids is 1. The molecule has 3 aliphatic heterocycles. The molecule has 7 atom stereocenters. The molecule has 4 heteroatoms. The fraction of sp³-hybridized carbons (Fsp3) is 0.850. The van der Waals surface area contributed by atoms with E-state index in [2.05, 4.69) is 26.8 Å². The molecule has 24 heavy (non-hydrogen) atoms. The lowest BCUT2D eigenvalue weighted by Gasteiger charge is -2.62. The second-order valence-electron chi connectivity index (χ2n) is 9.42. The molecule has 2 saturated heterocycles. The molecule has 0 bridgehead atoms. The first-order valence-corrected chi connectivity index (χ1v) is 9.56. The zero-order valence-corrected chi connectivity index (χ0v) is 15.0. The van der Waals surface area contributed by atoms with Crippen LogP contribution in [0.2, 0.25) is 0 Å². The van der Waals surface area contributed by atoms with Gasteiger partial charge in [-0.15, -0.1) is 0 Å². The summed E-state index contributed by atoms with van der Waals surface area (Å²) in [7, 11) is 0. The monoisotopic (exact) mass is 332 g/mol. The molecule has 0 radical (unpaired) electrons. The molecule has 0 amide bonds. The maximum Gasteiger partial charge on any atom is 0.312 e. The van der Waals surface area contributed by atoms with Crippen LogP contribution in [0.4, 0.5) is 0 Å². The lowest BCUT2D eigenvalue weighted by molar-refractivity contribution is -0.245. The largest absolute Gasteiger partial charge is 0.498 e. The highest BCUT2D eigenvalue weighted by atomic mass is 16.6. The summed E-state index contributed by atoms with van der Waals surface area (Å²) in [4.78, 5) is 12.7. The van der Waals surface area contributed by atoms with E-state index in [1.807, 2.05) is 0 Å². The fourth-order valence-electron chi connectivity index (χ4n) is 7.23. The van der Waals surface area contributed by atoms with E-state index in [1.54, 1.807) is 6.26 Å². The van der Waals surface area contributed by atoms with Crippen LogP contribution in [0.25, 0.3) is 0 Å². The summed E-state index contributed by atoms with van der Waals surface area (Å²) < 4.78 is 18.4. The highest BCUT2D eigenvalue weighted by Gasteiger charge is 2.74. The zero-order valence-electron chi connectivity index (χ0n) is 15.0. The smallest absolute Gasteiger partial charge is 0.312 e. The van der Waals surface area contributed by atoms with E-state index in [-0.39, 0.29) is 40.0 Å². The Labute approximate surface area is 143 Å². The predicted octanol–water partition coefficient (Wildman–Crippen LogP) is 3.60. The summed E-state index contributed by atoms with van der Waals surface area (Å²) in [6.45, 7) is 7.47. The molecule has 5 rings (SSSR count). The maximum atomic E-state index is 12.7. The molecule has 132 valence electrons. The van der Waals surface area contributed by atoms with E-state index in [0.29, 0.717) is 12.5 Å². The standard InChI is InChI=1S/C20H28O4/c1-13-11-14-15-17(2,16(21)23-14)5-4-6-18(15,3)20(13)8-7-19(24-20)9-10-22-12-19/h9-10,13-15H,4-8,11-12H2,1-3H3. The first-order chi connectivity index (χ1) is 11.4. The van der Waals surface area contributed by atoms with Crippen molar-refractivity contribution in [2.45, 2.75) is 76.6 Å². The van der Waals surface area contributed by atoms with Gasteiger partial charge in [0.1, 0.15) is 18.3 Å². The van der Waals surface area contributed by atoms with Gasteiger partial charge in [-0.2, -0.15) is 0 Å². The summed E-state index contributed by atoms with van der Waals surface area (Å²) >= 11 is 0. The van der Waals surface area contributed by atoms with Crippen LogP contribution in [0.1, 0.15) is 59.3 Å². The Balaban J connectivity index is 1.62. The number of rotatable bonds is 0. The Morgan fingerprint density at radius 1 is 1.17 bits per heavy atom. The Kier molecular flexibility index (Phi) is 2.78. The van der Waals surface area contributed by atoms with E-state index in [4.69, 9.17) is 14.2 Å². The van der Waals surface area contributed by atoms with Crippen LogP contribution >= 0.6 is 0 Å². The van der Waals surface area contributed by atoms with Gasteiger partial charge in [-0.1, -0.05) is 20.3 Å². The van der Waals surface area contributed by atoms with Gasteiger partial charge in [0.15, 0.2) is 0 Å². The van der Waals surface area contributed by atoms with Crippen molar-refractivity contribution >= 4 is 5.97 Å². The number of fused-ring (bicyclic) bond motifs is 1. The second kappa shape index (κ2) is 4.38. The summed E-state index contributed by atoms with van der Waals surface area (Å²) in [5, 5.41) is 0. The quantitative estimate of drug-likeness (QED) is 0.636. The van der Waals surface area contributed by atoms with Gasteiger partial charge in [0.2, 0.25) is 0 Å². The van der Waals surface area contributed by atoms with Crippen molar-refractivity contribution in [2.24, 2.45) is 22.7 Å².